The molecule has 0 aliphatic heterocycles. The number of aromatic amines is 1. The third-order valence-electron chi connectivity index (χ3n) is 2.65. The van der Waals surface area contributed by atoms with E-state index in [0.717, 1.165) is 41.6 Å². The number of aryl methyl sites for hydroxylation is 1. The molecule has 0 bridgehead atoms. The summed E-state index contributed by atoms with van der Waals surface area (Å²) in [5.41, 5.74) is 3.10. The molecule has 90 valence electrons. The Hall–Kier alpha value is -1.84. The summed E-state index contributed by atoms with van der Waals surface area (Å²) in [4.78, 5) is 12.1. The van der Waals surface area contributed by atoms with Gasteiger partial charge >= 0.3 is 0 Å². The molecule has 0 fully saturated rings. The lowest BCUT2D eigenvalue weighted by atomic mass is 10.2. The summed E-state index contributed by atoms with van der Waals surface area (Å²) >= 11 is 0. The highest BCUT2D eigenvalue weighted by molar-refractivity contribution is 5.65. The molecule has 4 heteroatoms. The molecule has 0 saturated carbocycles. The van der Waals surface area contributed by atoms with Crippen molar-refractivity contribution in [3.63, 3.8) is 0 Å². The van der Waals surface area contributed by atoms with Gasteiger partial charge in [0.25, 0.3) is 0 Å². The van der Waals surface area contributed by atoms with Crippen molar-refractivity contribution in [1.29, 1.82) is 0 Å². The summed E-state index contributed by atoms with van der Waals surface area (Å²) in [5, 5.41) is 3.34. The van der Waals surface area contributed by atoms with Gasteiger partial charge < -0.3 is 10.3 Å². The van der Waals surface area contributed by atoms with Crippen LogP contribution in [0.1, 0.15) is 24.7 Å². The molecular weight excluding hydrogens is 212 g/mol. The highest BCUT2D eigenvalue weighted by Crippen LogP contribution is 2.24. The summed E-state index contributed by atoms with van der Waals surface area (Å²) in [5.74, 6) is 1.72. The highest BCUT2D eigenvalue weighted by Gasteiger charge is 2.10. The smallest absolute Gasteiger partial charge is 0.133 e. The predicted molar refractivity (Wildman–Crippen MR) is 70.1 cm³/mol. The minimum absolute atomic E-state index is 0.791. The van der Waals surface area contributed by atoms with Crippen LogP contribution in [0.25, 0.3) is 11.4 Å². The molecule has 0 spiro atoms. The summed E-state index contributed by atoms with van der Waals surface area (Å²) in [6.45, 7) is 7.04. The lowest BCUT2D eigenvalue weighted by molar-refractivity contribution is 0.947. The molecule has 2 N–H and O–H groups in total. The van der Waals surface area contributed by atoms with E-state index in [2.05, 4.69) is 27.2 Å². The third kappa shape index (κ3) is 2.46. The van der Waals surface area contributed by atoms with Crippen LogP contribution >= 0.6 is 0 Å². The van der Waals surface area contributed by atoms with Crippen molar-refractivity contribution in [2.45, 2.75) is 27.2 Å². The zero-order valence-electron chi connectivity index (χ0n) is 10.5. The monoisotopic (exact) mass is 230 g/mol. The quantitative estimate of drug-likeness (QED) is 0.849. The minimum Gasteiger partial charge on any atom is -0.370 e. The summed E-state index contributed by atoms with van der Waals surface area (Å²) in [6, 6.07) is 4.00. The van der Waals surface area contributed by atoms with Gasteiger partial charge in [0.1, 0.15) is 11.6 Å². The average molecular weight is 230 g/mol. The first-order chi connectivity index (χ1) is 8.22. The van der Waals surface area contributed by atoms with Crippen molar-refractivity contribution >= 4 is 5.82 Å². The van der Waals surface area contributed by atoms with E-state index >= 15 is 0 Å². The molecule has 0 aliphatic carbocycles. The Morgan fingerprint density at radius 2 is 2.12 bits per heavy atom. The van der Waals surface area contributed by atoms with Crippen molar-refractivity contribution in [3.8, 4) is 11.4 Å². The van der Waals surface area contributed by atoms with E-state index in [0.29, 0.717) is 0 Å². The average Bonchev–Trinajstić information content (AvgIpc) is 2.83. The van der Waals surface area contributed by atoms with Crippen molar-refractivity contribution in [1.82, 2.24) is 15.0 Å². The Bertz CT molecular complexity index is 488. The van der Waals surface area contributed by atoms with Gasteiger partial charge in [-0.2, -0.15) is 0 Å². The summed E-state index contributed by atoms with van der Waals surface area (Å²) < 4.78 is 0. The zero-order chi connectivity index (χ0) is 12.3. The molecule has 2 aromatic rings. The molecule has 0 aromatic carbocycles. The van der Waals surface area contributed by atoms with Gasteiger partial charge in [-0.05, 0) is 32.4 Å². The minimum atomic E-state index is 0.791. The van der Waals surface area contributed by atoms with Crippen molar-refractivity contribution in [3.05, 3.63) is 29.7 Å². The maximum absolute atomic E-state index is 4.50. The third-order valence-corrected chi connectivity index (χ3v) is 2.65. The van der Waals surface area contributed by atoms with E-state index < -0.39 is 0 Å². The second kappa shape index (κ2) is 4.99. The van der Waals surface area contributed by atoms with E-state index in [1.165, 1.54) is 0 Å². The molecule has 0 saturated heterocycles. The fourth-order valence-electron chi connectivity index (χ4n) is 1.78. The molecule has 4 nitrogen and oxygen atoms in total. The largest absolute Gasteiger partial charge is 0.370 e. The van der Waals surface area contributed by atoms with Crippen LogP contribution in [0.5, 0.6) is 0 Å². The molecule has 0 atom stereocenters. The van der Waals surface area contributed by atoms with E-state index in [9.17, 15) is 0 Å². The van der Waals surface area contributed by atoms with Gasteiger partial charge in [0.05, 0.1) is 11.4 Å². The Balaban J connectivity index is 2.42. The SMILES string of the molecule is CCCNc1nc(C)nc(-c2ccc[nH]2)c1C. The maximum Gasteiger partial charge on any atom is 0.133 e. The molecule has 0 radical (unpaired) electrons. The van der Waals surface area contributed by atoms with Crippen LogP contribution < -0.4 is 5.32 Å². The van der Waals surface area contributed by atoms with Gasteiger partial charge in [0.15, 0.2) is 0 Å². The van der Waals surface area contributed by atoms with Crippen molar-refractivity contribution in [2.24, 2.45) is 0 Å². The number of nitrogens with zero attached hydrogens (tertiary/aromatic N) is 2. The van der Waals surface area contributed by atoms with E-state index in [1.807, 2.05) is 32.2 Å². The van der Waals surface area contributed by atoms with Gasteiger partial charge in [0, 0.05) is 18.3 Å². The first-order valence-electron chi connectivity index (χ1n) is 5.95. The van der Waals surface area contributed by atoms with Crippen LogP contribution in [-0.4, -0.2) is 21.5 Å². The Morgan fingerprint density at radius 1 is 1.29 bits per heavy atom. The number of aromatic nitrogens is 3. The van der Waals surface area contributed by atoms with Crippen LogP contribution in [-0.2, 0) is 0 Å². The fourth-order valence-corrected chi connectivity index (χ4v) is 1.78. The number of rotatable bonds is 4. The molecule has 0 aliphatic rings. The highest BCUT2D eigenvalue weighted by atomic mass is 15.0. The number of hydrogen-bond donors (Lipinski definition) is 2. The predicted octanol–water partition coefficient (Wildman–Crippen LogP) is 2.91. The number of nitrogens with one attached hydrogen (secondary N) is 2. The fraction of sp³-hybridized carbons (Fsp3) is 0.385. The summed E-state index contributed by atoms with van der Waals surface area (Å²) in [7, 11) is 0. The molecule has 2 aromatic heterocycles. The molecule has 17 heavy (non-hydrogen) atoms. The lowest BCUT2D eigenvalue weighted by Gasteiger charge is -2.11. The Labute approximate surface area is 102 Å². The van der Waals surface area contributed by atoms with E-state index in [4.69, 9.17) is 0 Å². The van der Waals surface area contributed by atoms with Crippen molar-refractivity contribution < 1.29 is 0 Å². The standard InChI is InChI=1S/C13H18N4/c1-4-7-15-13-9(2)12(16-10(3)17-13)11-6-5-8-14-11/h5-6,8,14H,4,7H2,1-3H3,(H,15,16,17). The first-order valence-corrected chi connectivity index (χ1v) is 5.95. The lowest BCUT2D eigenvalue weighted by Crippen LogP contribution is -2.07. The molecule has 0 unspecified atom stereocenters. The van der Waals surface area contributed by atoms with Crippen LogP contribution in [0.2, 0.25) is 0 Å². The van der Waals surface area contributed by atoms with Gasteiger partial charge in [-0.1, -0.05) is 6.92 Å². The van der Waals surface area contributed by atoms with Crippen LogP contribution in [0.15, 0.2) is 18.3 Å². The molecular formula is C13H18N4. The maximum atomic E-state index is 4.50. The number of H-pyrrole nitrogens is 1. The Kier molecular flexibility index (Phi) is 3.42. The normalized spacial score (nSPS) is 10.5. The molecule has 2 heterocycles. The zero-order valence-corrected chi connectivity index (χ0v) is 10.5. The molecule has 0 amide bonds. The van der Waals surface area contributed by atoms with Gasteiger partial charge in [-0.15, -0.1) is 0 Å². The van der Waals surface area contributed by atoms with Gasteiger partial charge in [-0.25, -0.2) is 9.97 Å². The van der Waals surface area contributed by atoms with E-state index in [-0.39, 0.29) is 0 Å². The van der Waals surface area contributed by atoms with Gasteiger partial charge in [-0.3, -0.25) is 0 Å². The van der Waals surface area contributed by atoms with Crippen LogP contribution in [0, 0.1) is 13.8 Å². The van der Waals surface area contributed by atoms with Crippen molar-refractivity contribution in [2.75, 3.05) is 11.9 Å². The second-order valence-corrected chi connectivity index (χ2v) is 4.10. The van der Waals surface area contributed by atoms with Gasteiger partial charge in [0.2, 0.25) is 0 Å². The summed E-state index contributed by atoms with van der Waals surface area (Å²) in [6.07, 6.45) is 2.99. The van der Waals surface area contributed by atoms with Crippen LogP contribution in [0.4, 0.5) is 5.82 Å². The van der Waals surface area contributed by atoms with Crippen LogP contribution in [0.3, 0.4) is 0 Å². The second-order valence-electron chi connectivity index (χ2n) is 4.10. The Morgan fingerprint density at radius 3 is 2.76 bits per heavy atom. The first kappa shape index (κ1) is 11.6. The number of anilines is 1. The topological polar surface area (TPSA) is 53.6 Å². The molecule has 2 rings (SSSR count). The number of hydrogen-bond acceptors (Lipinski definition) is 3. The van der Waals surface area contributed by atoms with E-state index in [1.54, 1.807) is 0 Å².